The molecule has 1 aliphatic heterocycles. The van der Waals surface area contributed by atoms with Crippen molar-refractivity contribution >= 4 is 5.97 Å². The molecule has 0 aromatic heterocycles. The fourth-order valence-electron chi connectivity index (χ4n) is 2.26. The molecule has 0 bridgehead atoms. The molecule has 1 heterocycles. The number of hydrogen-bond acceptors (Lipinski definition) is 4. The first kappa shape index (κ1) is 14.4. The number of aliphatic carboxylic acids is 1. The van der Waals surface area contributed by atoms with Crippen LogP contribution in [0.1, 0.15) is 33.1 Å². The van der Waals surface area contributed by atoms with Gasteiger partial charge in [0, 0.05) is 39.2 Å². The number of carboxylic acid groups (broad SMARTS) is 1. The van der Waals surface area contributed by atoms with Gasteiger partial charge in [0.15, 0.2) is 0 Å². The van der Waals surface area contributed by atoms with Gasteiger partial charge in [-0.25, -0.2) is 4.79 Å². The Morgan fingerprint density at radius 2 is 2.00 bits per heavy atom. The van der Waals surface area contributed by atoms with Gasteiger partial charge in [-0.3, -0.25) is 4.90 Å². The Kier molecular flexibility index (Phi) is 5.88. The van der Waals surface area contributed by atoms with Crippen molar-refractivity contribution in [2.75, 3.05) is 32.8 Å². The van der Waals surface area contributed by atoms with Crippen LogP contribution in [0.25, 0.3) is 0 Å². The fraction of sp³-hybridized carbons (Fsp3) is 0.917. The second-order valence-electron chi connectivity index (χ2n) is 4.43. The molecule has 1 unspecified atom stereocenters. The van der Waals surface area contributed by atoms with Crippen LogP contribution >= 0.6 is 0 Å². The van der Waals surface area contributed by atoms with E-state index in [2.05, 4.69) is 5.32 Å². The Morgan fingerprint density at radius 3 is 2.47 bits per heavy atom. The molecule has 17 heavy (non-hydrogen) atoms. The molecule has 0 saturated carbocycles. The highest BCUT2D eigenvalue weighted by atomic mass is 16.5. The van der Waals surface area contributed by atoms with Gasteiger partial charge in [-0.15, -0.1) is 0 Å². The summed E-state index contributed by atoms with van der Waals surface area (Å²) in [6, 6.07) is 0. The van der Waals surface area contributed by atoms with E-state index in [1.807, 2.05) is 18.7 Å². The van der Waals surface area contributed by atoms with Gasteiger partial charge in [-0.05, 0) is 6.42 Å². The Balaban J connectivity index is 2.82. The third-order valence-corrected chi connectivity index (χ3v) is 3.10. The van der Waals surface area contributed by atoms with Crippen LogP contribution in [-0.4, -0.2) is 54.5 Å². The lowest BCUT2D eigenvalue weighted by Gasteiger charge is -2.42. The maximum absolute atomic E-state index is 11.6. The Labute approximate surface area is 103 Å². The summed E-state index contributed by atoms with van der Waals surface area (Å²) in [6.45, 7) is 7.61. The van der Waals surface area contributed by atoms with E-state index in [-0.39, 0.29) is 0 Å². The largest absolute Gasteiger partial charge is 0.478 e. The summed E-state index contributed by atoms with van der Waals surface area (Å²) >= 11 is 0. The summed E-state index contributed by atoms with van der Waals surface area (Å²) in [5.41, 5.74) is -1.12. The van der Waals surface area contributed by atoms with Crippen molar-refractivity contribution in [3.05, 3.63) is 0 Å². The number of piperazine rings is 1. The first-order chi connectivity index (χ1) is 8.17. The topological polar surface area (TPSA) is 61.8 Å². The number of nitrogens with one attached hydrogen (secondary N) is 1. The minimum atomic E-state index is -1.12. The van der Waals surface area contributed by atoms with Gasteiger partial charge in [0.1, 0.15) is 0 Å². The van der Waals surface area contributed by atoms with Crippen molar-refractivity contribution in [2.24, 2.45) is 0 Å². The molecule has 1 fully saturated rings. The number of ether oxygens (including phenoxy) is 1. The summed E-state index contributed by atoms with van der Waals surface area (Å²) in [7, 11) is 0. The second-order valence-corrected chi connectivity index (χ2v) is 4.43. The minimum absolute atomic E-state index is 0.496. The maximum atomic E-state index is 11.6. The molecule has 0 aliphatic carbocycles. The van der Waals surface area contributed by atoms with Crippen LogP contribution < -0.4 is 5.32 Å². The van der Waals surface area contributed by atoms with Crippen LogP contribution in [0, 0.1) is 0 Å². The highest BCUT2D eigenvalue weighted by Gasteiger charge is 2.44. The molecule has 1 saturated heterocycles. The quantitative estimate of drug-likeness (QED) is 0.696. The minimum Gasteiger partial charge on any atom is -0.478 e. The molecule has 0 radical (unpaired) electrons. The van der Waals surface area contributed by atoms with E-state index in [1.54, 1.807) is 0 Å². The number of hydrogen-bond donors (Lipinski definition) is 2. The lowest BCUT2D eigenvalue weighted by atomic mass is 10.0. The number of carbonyl (C=O) groups is 1. The van der Waals surface area contributed by atoms with Crippen molar-refractivity contribution in [1.29, 1.82) is 0 Å². The van der Waals surface area contributed by atoms with Crippen LogP contribution in [0.15, 0.2) is 0 Å². The zero-order chi connectivity index (χ0) is 12.7. The van der Waals surface area contributed by atoms with Gasteiger partial charge < -0.3 is 15.2 Å². The molecule has 0 amide bonds. The molecule has 1 aliphatic rings. The number of carboxylic acids is 1. The molecule has 0 spiro atoms. The smallest absolute Gasteiger partial charge is 0.351 e. The highest BCUT2D eigenvalue weighted by Crippen LogP contribution is 2.25. The predicted molar refractivity (Wildman–Crippen MR) is 66.0 cm³/mol. The summed E-state index contributed by atoms with van der Waals surface area (Å²) in [6.07, 6.45) is 2.19. The van der Waals surface area contributed by atoms with E-state index in [1.165, 1.54) is 0 Å². The van der Waals surface area contributed by atoms with E-state index in [9.17, 15) is 9.90 Å². The van der Waals surface area contributed by atoms with Crippen molar-refractivity contribution in [3.8, 4) is 0 Å². The summed E-state index contributed by atoms with van der Waals surface area (Å²) < 4.78 is 5.72. The molecule has 2 N–H and O–H groups in total. The van der Waals surface area contributed by atoms with Gasteiger partial charge in [0.05, 0.1) is 0 Å². The monoisotopic (exact) mass is 244 g/mol. The molecule has 100 valence electrons. The van der Waals surface area contributed by atoms with Crippen LogP contribution in [0.2, 0.25) is 0 Å². The lowest BCUT2D eigenvalue weighted by Crippen LogP contribution is -2.61. The van der Waals surface area contributed by atoms with Gasteiger partial charge in [-0.1, -0.05) is 20.3 Å². The third kappa shape index (κ3) is 3.40. The molecular formula is C12H24N2O3. The van der Waals surface area contributed by atoms with Crippen molar-refractivity contribution in [1.82, 2.24) is 10.2 Å². The van der Waals surface area contributed by atoms with E-state index in [0.29, 0.717) is 13.0 Å². The molecule has 0 aromatic carbocycles. The van der Waals surface area contributed by atoms with Crippen molar-refractivity contribution in [3.63, 3.8) is 0 Å². The normalized spacial score (nSPS) is 21.1. The van der Waals surface area contributed by atoms with Crippen LogP contribution in [0.4, 0.5) is 0 Å². The standard InChI is InChI=1S/C12H24N2O3/c1-3-5-12(11(15)16,17-10-4-2)14-8-6-13-7-9-14/h13H,3-10H2,1-2H3,(H,15,16). The summed E-state index contributed by atoms with van der Waals surface area (Å²) in [5.74, 6) is -0.852. The van der Waals surface area contributed by atoms with Crippen molar-refractivity contribution in [2.45, 2.75) is 38.8 Å². The fourth-order valence-corrected chi connectivity index (χ4v) is 2.26. The second kappa shape index (κ2) is 6.93. The Bertz CT molecular complexity index is 242. The van der Waals surface area contributed by atoms with E-state index in [0.717, 1.165) is 39.0 Å². The first-order valence-corrected chi connectivity index (χ1v) is 6.50. The van der Waals surface area contributed by atoms with Gasteiger partial charge in [0.25, 0.3) is 0 Å². The SMILES string of the molecule is CCCOC(CCC)(C(=O)O)N1CCNCC1. The van der Waals surface area contributed by atoms with Crippen LogP contribution in [0.3, 0.4) is 0 Å². The lowest BCUT2D eigenvalue weighted by molar-refractivity contribution is -0.202. The van der Waals surface area contributed by atoms with Crippen LogP contribution in [-0.2, 0) is 9.53 Å². The van der Waals surface area contributed by atoms with E-state index >= 15 is 0 Å². The Hall–Kier alpha value is -0.650. The molecule has 0 aromatic rings. The molecule has 1 atom stereocenters. The maximum Gasteiger partial charge on any atom is 0.351 e. The van der Waals surface area contributed by atoms with Gasteiger partial charge in [-0.2, -0.15) is 0 Å². The van der Waals surface area contributed by atoms with Crippen molar-refractivity contribution < 1.29 is 14.6 Å². The zero-order valence-electron chi connectivity index (χ0n) is 10.9. The summed E-state index contributed by atoms with van der Waals surface area (Å²) in [4.78, 5) is 13.6. The number of nitrogens with zero attached hydrogens (tertiary/aromatic N) is 1. The highest BCUT2D eigenvalue weighted by molar-refractivity contribution is 5.77. The zero-order valence-corrected chi connectivity index (χ0v) is 10.9. The van der Waals surface area contributed by atoms with Gasteiger partial charge in [0.2, 0.25) is 5.72 Å². The van der Waals surface area contributed by atoms with Gasteiger partial charge >= 0.3 is 5.97 Å². The van der Waals surface area contributed by atoms with E-state index in [4.69, 9.17) is 4.74 Å². The van der Waals surface area contributed by atoms with Crippen LogP contribution in [0.5, 0.6) is 0 Å². The Morgan fingerprint density at radius 1 is 1.35 bits per heavy atom. The van der Waals surface area contributed by atoms with E-state index < -0.39 is 11.7 Å². The molecule has 1 rings (SSSR count). The predicted octanol–water partition coefficient (Wildman–Crippen LogP) is 0.899. The summed E-state index contributed by atoms with van der Waals surface area (Å²) in [5, 5.41) is 12.8. The first-order valence-electron chi connectivity index (χ1n) is 6.50. The molecule has 5 nitrogen and oxygen atoms in total. The number of rotatable bonds is 7. The average Bonchev–Trinajstić information content (AvgIpc) is 2.35. The average molecular weight is 244 g/mol. The molecular weight excluding hydrogens is 220 g/mol. The molecule has 5 heteroatoms. The third-order valence-electron chi connectivity index (χ3n) is 3.10.